The summed E-state index contributed by atoms with van der Waals surface area (Å²) in [5.41, 5.74) is 0.584. The second kappa shape index (κ2) is 8.73. The maximum absolute atomic E-state index is 12.6. The van der Waals surface area contributed by atoms with Crippen molar-refractivity contribution in [1.82, 2.24) is 0 Å². The number of carbonyl (C=O) groups excluding carboxylic acids is 1. The molecule has 0 saturated carbocycles. The average molecular weight is 390 g/mol. The first-order valence-electron chi connectivity index (χ1n) is 8.88. The van der Waals surface area contributed by atoms with Crippen molar-refractivity contribution in [3.05, 3.63) is 34.9 Å². The van der Waals surface area contributed by atoms with E-state index < -0.39 is 11.5 Å². The molecule has 0 heterocycles. The molecule has 0 amide bonds. The molecule has 3 N–H and O–H groups in total. The fourth-order valence-electron chi connectivity index (χ4n) is 2.97. The number of rotatable bonds is 8. The standard InChI is InChI=1S/C21H26O7/c1-6-11(2)19(24)18-15(23)10-14(22)13(20(18)25)7-12-8-16(26-3)21(28-5)17(9-12)27-4/h8-11,22-23,25H,6-7H2,1-5H3. The highest BCUT2D eigenvalue weighted by atomic mass is 16.5. The summed E-state index contributed by atoms with van der Waals surface area (Å²) in [6, 6.07) is 4.44. The molecule has 0 fully saturated rings. The Balaban J connectivity index is 2.57. The number of hydrogen-bond donors (Lipinski definition) is 3. The lowest BCUT2D eigenvalue weighted by Gasteiger charge is -2.17. The van der Waals surface area contributed by atoms with Crippen LogP contribution >= 0.6 is 0 Å². The molecule has 0 aliphatic rings. The topological polar surface area (TPSA) is 105 Å². The van der Waals surface area contributed by atoms with Crippen LogP contribution in [0.25, 0.3) is 0 Å². The first-order valence-corrected chi connectivity index (χ1v) is 8.88. The van der Waals surface area contributed by atoms with Gasteiger partial charge in [0.2, 0.25) is 5.75 Å². The Morgan fingerprint density at radius 3 is 2.00 bits per heavy atom. The van der Waals surface area contributed by atoms with E-state index in [0.717, 1.165) is 6.07 Å². The van der Waals surface area contributed by atoms with Crippen molar-refractivity contribution in [3.63, 3.8) is 0 Å². The molecule has 0 spiro atoms. The molecular weight excluding hydrogens is 364 g/mol. The Bertz CT molecular complexity index is 849. The number of methoxy groups -OCH3 is 3. The highest BCUT2D eigenvalue weighted by Gasteiger charge is 2.26. The number of aromatic hydroxyl groups is 3. The van der Waals surface area contributed by atoms with E-state index in [2.05, 4.69) is 0 Å². The van der Waals surface area contributed by atoms with E-state index in [9.17, 15) is 20.1 Å². The van der Waals surface area contributed by atoms with Gasteiger partial charge in [-0.05, 0) is 24.1 Å². The summed E-state index contributed by atoms with van der Waals surface area (Å²) in [5, 5.41) is 31.0. The predicted octanol–water partition coefficient (Wildman–Crippen LogP) is 3.65. The second-order valence-electron chi connectivity index (χ2n) is 6.50. The molecule has 0 aliphatic carbocycles. The minimum Gasteiger partial charge on any atom is -0.507 e. The third kappa shape index (κ3) is 3.93. The van der Waals surface area contributed by atoms with Crippen LogP contribution in [0.3, 0.4) is 0 Å². The molecule has 1 atom stereocenters. The molecule has 2 aromatic rings. The Kier molecular flexibility index (Phi) is 6.62. The van der Waals surface area contributed by atoms with E-state index in [0.29, 0.717) is 29.2 Å². The predicted molar refractivity (Wildman–Crippen MR) is 104 cm³/mol. The van der Waals surface area contributed by atoms with Gasteiger partial charge >= 0.3 is 0 Å². The number of Topliss-reactive ketones (excluding diaryl/α,β-unsaturated/α-hetero) is 1. The molecule has 7 heteroatoms. The first-order chi connectivity index (χ1) is 13.3. The fourth-order valence-corrected chi connectivity index (χ4v) is 2.97. The largest absolute Gasteiger partial charge is 0.507 e. The molecule has 28 heavy (non-hydrogen) atoms. The van der Waals surface area contributed by atoms with E-state index >= 15 is 0 Å². The van der Waals surface area contributed by atoms with Gasteiger partial charge in [0.05, 0.1) is 21.3 Å². The summed E-state index contributed by atoms with van der Waals surface area (Å²) in [6.07, 6.45) is 0.635. The van der Waals surface area contributed by atoms with Crippen molar-refractivity contribution in [2.24, 2.45) is 5.92 Å². The minimum absolute atomic E-state index is 0.0788. The zero-order chi connectivity index (χ0) is 21.0. The summed E-state index contributed by atoms with van der Waals surface area (Å²) in [5.74, 6) is -0.703. The lowest BCUT2D eigenvalue weighted by atomic mass is 9.92. The zero-order valence-corrected chi connectivity index (χ0v) is 16.7. The smallest absolute Gasteiger partial charge is 0.203 e. The van der Waals surface area contributed by atoms with Crippen LogP contribution in [0, 0.1) is 5.92 Å². The number of ether oxygens (including phenoxy) is 3. The van der Waals surface area contributed by atoms with Gasteiger partial charge in [0.25, 0.3) is 0 Å². The van der Waals surface area contributed by atoms with Crippen LogP contribution in [0.4, 0.5) is 0 Å². The van der Waals surface area contributed by atoms with Gasteiger partial charge in [-0.1, -0.05) is 13.8 Å². The molecule has 0 radical (unpaired) electrons. The van der Waals surface area contributed by atoms with Crippen molar-refractivity contribution in [2.75, 3.05) is 21.3 Å². The second-order valence-corrected chi connectivity index (χ2v) is 6.50. The van der Waals surface area contributed by atoms with Crippen LogP contribution in [0.15, 0.2) is 18.2 Å². The Morgan fingerprint density at radius 1 is 0.964 bits per heavy atom. The van der Waals surface area contributed by atoms with Crippen LogP contribution in [-0.2, 0) is 6.42 Å². The van der Waals surface area contributed by atoms with Crippen LogP contribution in [0.2, 0.25) is 0 Å². The number of hydrogen-bond acceptors (Lipinski definition) is 7. The summed E-state index contributed by atoms with van der Waals surface area (Å²) in [6.45, 7) is 3.56. The monoisotopic (exact) mass is 390 g/mol. The average Bonchev–Trinajstić information content (AvgIpc) is 2.69. The third-order valence-electron chi connectivity index (χ3n) is 4.77. The van der Waals surface area contributed by atoms with Crippen LogP contribution in [0.5, 0.6) is 34.5 Å². The molecule has 0 aromatic heterocycles. The third-order valence-corrected chi connectivity index (χ3v) is 4.77. The number of carbonyl (C=O) groups is 1. The molecule has 0 saturated heterocycles. The molecule has 7 nitrogen and oxygen atoms in total. The maximum atomic E-state index is 12.6. The van der Waals surface area contributed by atoms with Gasteiger partial charge in [-0.25, -0.2) is 0 Å². The Labute approximate surface area is 164 Å². The number of phenolic OH excluding ortho intramolecular Hbond substituents is 3. The van der Waals surface area contributed by atoms with E-state index in [4.69, 9.17) is 14.2 Å². The first kappa shape index (κ1) is 21.2. The van der Waals surface area contributed by atoms with Gasteiger partial charge in [0, 0.05) is 24.0 Å². The van der Waals surface area contributed by atoms with Gasteiger partial charge in [-0.2, -0.15) is 0 Å². The number of ketones is 1. The highest BCUT2D eigenvalue weighted by molar-refractivity contribution is 6.03. The molecule has 1 unspecified atom stereocenters. The molecule has 2 rings (SSSR count). The zero-order valence-electron chi connectivity index (χ0n) is 16.7. The van der Waals surface area contributed by atoms with Gasteiger partial charge in [0.1, 0.15) is 22.8 Å². The van der Waals surface area contributed by atoms with Gasteiger partial charge in [-0.3, -0.25) is 4.79 Å². The van der Waals surface area contributed by atoms with Crippen LogP contribution < -0.4 is 14.2 Å². The lowest BCUT2D eigenvalue weighted by molar-refractivity contribution is 0.0921. The van der Waals surface area contributed by atoms with Crippen molar-refractivity contribution >= 4 is 5.78 Å². The van der Waals surface area contributed by atoms with Crippen molar-refractivity contribution in [2.45, 2.75) is 26.7 Å². The van der Waals surface area contributed by atoms with Gasteiger partial charge < -0.3 is 29.5 Å². The van der Waals surface area contributed by atoms with Crippen molar-refractivity contribution in [1.29, 1.82) is 0 Å². The number of phenols is 3. The summed E-state index contributed by atoms with van der Waals surface area (Å²) in [4.78, 5) is 12.6. The molecule has 152 valence electrons. The Hall–Kier alpha value is -3.09. The van der Waals surface area contributed by atoms with Crippen molar-refractivity contribution < 1.29 is 34.3 Å². The normalized spacial score (nSPS) is 11.8. The van der Waals surface area contributed by atoms with E-state index in [-0.39, 0.29) is 35.0 Å². The van der Waals surface area contributed by atoms with E-state index in [1.165, 1.54) is 21.3 Å². The maximum Gasteiger partial charge on any atom is 0.203 e. The molecule has 0 bridgehead atoms. The molecule has 2 aromatic carbocycles. The van der Waals surface area contributed by atoms with Crippen LogP contribution in [-0.4, -0.2) is 42.4 Å². The van der Waals surface area contributed by atoms with E-state index in [1.54, 1.807) is 19.1 Å². The minimum atomic E-state index is -0.450. The molecule has 0 aliphatic heterocycles. The number of benzene rings is 2. The fraction of sp³-hybridized carbons (Fsp3) is 0.381. The van der Waals surface area contributed by atoms with Crippen LogP contribution in [0.1, 0.15) is 41.8 Å². The Morgan fingerprint density at radius 2 is 1.54 bits per heavy atom. The highest BCUT2D eigenvalue weighted by Crippen LogP contribution is 2.43. The van der Waals surface area contributed by atoms with E-state index in [1.807, 2.05) is 6.92 Å². The molecular formula is C21H26O7. The lowest BCUT2D eigenvalue weighted by Crippen LogP contribution is -2.11. The summed E-state index contributed by atoms with van der Waals surface area (Å²) in [7, 11) is 4.46. The SMILES string of the molecule is CCC(C)C(=O)c1c(O)cc(O)c(Cc2cc(OC)c(OC)c(OC)c2)c1O. The van der Waals surface area contributed by atoms with Gasteiger partial charge in [-0.15, -0.1) is 0 Å². The quantitative estimate of drug-likeness (QED) is 0.591. The summed E-state index contributed by atoms with van der Waals surface area (Å²) >= 11 is 0. The van der Waals surface area contributed by atoms with Crippen molar-refractivity contribution in [3.8, 4) is 34.5 Å². The summed E-state index contributed by atoms with van der Waals surface area (Å²) < 4.78 is 15.9. The van der Waals surface area contributed by atoms with Gasteiger partial charge in [0.15, 0.2) is 17.3 Å².